The summed E-state index contributed by atoms with van der Waals surface area (Å²) < 4.78 is 0. The van der Waals surface area contributed by atoms with Crippen LogP contribution in [0, 0.1) is 11.3 Å². The van der Waals surface area contributed by atoms with E-state index in [0.29, 0.717) is 13.1 Å². The number of nitrogens with zero attached hydrogens (tertiary/aromatic N) is 3. The highest BCUT2D eigenvalue weighted by Crippen LogP contribution is 2.14. The van der Waals surface area contributed by atoms with E-state index in [0.717, 1.165) is 18.0 Å². The lowest BCUT2D eigenvalue weighted by atomic mass is 10.2. The van der Waals surface area contributed by atoms with Gasteiger partial charge in [0, 0.05) is 26.2 Å². The summed E-state index contributed by atoms with van der Waals surface area (Å²) in [6.45, 7) is 4.89. The first-order valence-corrected chi connectivity index (χ1v) is 6.57. The third-order valence-electron chi connectivity index (χ3n) is 3.07. The van der Waals surface area contributed by atoms with E-state index in [9.17, 15) is 4.79 Å². The fourth-order valence-electron chi connectivity index (χ4n) is 1.95. The summed E-state index contributed by atoms with van der Waals surface area (Å²) >= 11 is 1.48. The number of hydrogen-bond donors (Lipinski definition) is 0. The number of thiophene rings is 1. The Morgan fingerprint density at radius 1 is 1.47 bits per heavy atom. The Balaban J connectivity index is 1.92. The average molecular weight is 249 g/mol. The van der Waals surface area contributed by atoms with Crippen LogP contribution in [0.15, 0.2) is 17.5 Å². The van der Waals surface area contributed by atoms with E-state index < -0.39 is 0 Å². The molecule has 1 aliphatic rings. The van der Waals surface area contributed by atoms with Gasteiger partial charge in [0.15, 0.2) is 0 Å². The molecule has 0 bridgehead atoms. The predicted molar refractivity (Wildman–Crippen MR) is 66.9 cm³/mol. The first-order valence-electron chi connectivity index (χ1n) is 5.69. The minimum Gasteiger partial charge on any atom is -0.335 e. The number of carbonyl (C=O) groups is 1. The number of rotatable bonds is 2. The van der Waals surface area contributed by atoms with Gasteiger partial charge in [-0.05, 0) is 18.4 Å². The molecule has 1 aromatic heterocycles. The molecule has 17 heavy (non-hydrogen) atoms. The van der Waals surface area contributed by atoms with Crippen LogP contribution in [-0.2, 0) is 0 Å². The van der Waals surface area contributed by atoms with Crippen LogP contribution in [-0.4, -0.2) is 47.9 Å². The maximum Gasteiger partial charge on any atom is 0.264 e. The van der Waals surface area contributed by atoms with E-state index in [2.05, 4.69) is 11.0 Å². The standard InChI is InChI=1S/C12H15N3OS/c1-10(9-13)14-4-6-15(7-5-14)12(16)11-3-2-8-17-11/h2-3,8,10H,4-7H2,1H3. The fourth-order valence-corrected chi connectivity index (χ4v) is 2.64. The van der Waals surface area contributed by atoms with Crippen molar-refractivity contribution in [3.63, 3.8) is 0 Å². The van der Waals surface area contributed by atoms with Crippen molar-refractivity contribution in [2.75, 3.05) is 26.2 Å². The Morgan fingerprint density at radius 3 is 2.71 bits per heavy atom. The van der Waals surface area contributed by atoms with Crippen LogP contribution in [0.25, 0.3) is 0 Å². The van der Waals surface area contributed by atoms with Crippen molar-refractivity contribution in [3.05, 3.63) is 22.4 Å². The van der Waals surface area contributed by atoms with E-state index in [1.54, 1.807) is 0 Å². The van der Waals surface area contributed by atoms with Crippen molar-refractivity contribution in [1.82, 2.24) is 9.80 Å². The van der Waals surface area contributed by atoms with Crippen LogP contribution in [0.2, 0.25) is 0 Å². The fraction of sp³-hybridized carbons (Fsp3) is 0.500. The molecule has 1 aliphatic heterocycles. The number of hydrogen-bond acceptors (Lipinski definition) is 4. The van der Waals surface area contributed by atoms with Gasteiger partial charge >= 0.3 is 0 Å². The molecule has 2 heterocycles. The van der Waals surface area contributed by atoms with Gasteiger partial charge in [-0.15, -0.1) is 11.3 Å². The third-order valence-corrected chi connectivity index (χ3v) is 3.93. The van der Waals surface area contributed by atoms with Crippen molar-refractivity contribution >= 4 is 17.2 Å². The molecule has 1 atom stereocenters. The molecule has 0 N–H and O–H groups in total. The molecule has 0 saturated carbocycles. The second kappa shape index (κ2) is 5.30. The average Bonchev–Trinajstić information content (AvgIpc) is 2.91. The molecule has 0 radical (unpaired) electrons. The van der Waals surface area contributed by atoms with Gasteiger partial charge in [0.2, 0.25) is 0 Å². The molecular weight excluding hydrogens is 234 g/mol. The van der Waals surface area contributed by atoms with Crippen molar-refractivity contribution < 1.29 is 4.79 Å². The van der Waals surface area contributed by atoms with Crippen molar-refractivity contribution in [1.29, 1.82) is 5.26 Å². The largest absolute Gasteiger partial charge is 0.335 e. The van der Waals surface area contributed by atoms with Crippen LogP contribution in [0.4, 0.5) is 0 Å². The van der Waals surface area contributed by atoms with E-state index >= 15 is 0 Å². The van der Waals surface area contributed by atoms with Gasteiger partial charge < -0.3 is 4.90 Å². The highest BCUT2D eigenvalue weighted by Gasteiger charge is 2.24. The first-order chi connectivity index (χ1) is 8.22. The lowest BCUT2D eigenvalue weighted by molar-refractivity contribution is 0.0620. The van der Waals surface area contributed by atoms with Gasteiger partial charge in [-0.3, -0.25) is 9.69 Å². The molecule has 4 nitrogen and oxygen atoms in total. The molecule has 0 spiro atoms. The molecular formula is C12H15N3OS. The molecule has 2 rings (SSSR count). The third kappa shape index (κ3) is 2.65. The Bertz CT molecular complexity index is 415. The van der Waals surface area contributed by atoms with Crippen molar-refractivity contribution in [3.8, 4) is 6.07 Å². The number of carbonyl (C=O) groups excluding carboxylic acids is 1. The summed E-state index contributed by atoms with van der Waals surface area (Å²) in [5.41, 5.74) is 0. The monoisotopic (exact) mass is 249 g/mol. The Hall–Kier alpha value is -1.38. The van der Waals surface area contributed by atoms with Crippen LogP contribution >= 0.6 is 11.3 Å². The van der Waals surface area contributed by atoms with Crippen molar-refractivity contribution in [2.24, 2.45) is 0 Å². The van der Waals surface area contributed by atoms with Crippen molar-refractivity contribution in [2.45, 2.75) is 13.0 Å². The molecule has 0 aromatic carbocycles. The molecule has 1 amide bonds. The van der Waals surface area contributed by atoms with E-state index in [4.69, 9.17) is 5.26 Å². The van der Waals surface area contributed by atoms with Gasteiger partial charge in [-0.2, -0.15) is 5.26 Å². The van der Waals surface area contributed by atoms with Crippen LogP contribution < -0.4 is 0 Å². The van der Waals surface area contributed by atoms with Crippen LogP contribution in [0.3, 0.4) is 0 Å². The molecule has 5 heteroatoms. The zero-order chi connectivity index (χ0) is 12.3. The summed E-state index contributed by atoms with van der Waals surface area (Å²) in [6, 6.07) is 5.92. The van der Waals surface area contributed by atoms with Crippen LogP contribution in [0.1, 0.15) is 16.6 Å². The number of amides is 1. The summed E-state index contributed by atoms with van der Waals surface area (Å²) in [4.78, 5) is 16.8. The second-order valence-electron chi connectivity index (χ2n) is 4.11. The Kier molecular flexibility index (Phi) is 3.77. The van der Waals surface area contributed by atoms with Gasteiger partial charge in [0.1, 0.15) is 0 Å². The summed E-state index contributed by atoms with van der Waals surface area (Å²) in [5, 5.41) is 10.8. The molecule has 1 aromatic rings. The highest BCUT2D eigenvalue weighted by molar-refractivity contribution is 7.12. The maximum absolute atomic E-state index is 12.1. The SMILES string of the molecule is CC(C#N)N1CCN(C(=O)c2cccs2)CC1. The summed E-state index contributed by atoms with van der Waals surface area (Å²) in [7, 11) is 0. The van der Waals surface area contributed by atoms with E-state index in [1.807, 2.05) is 29.3 Å². The quantitative estimate of drug-likeness (QED) is 0.796. The predicted octanol–water partition coefficient (Wildman–Crippen LogP) is 1.42. The van der Waals surface area contributed by atoms with E-state index in [1.165, 1.54) is 11.3 Å². The Morgan fingerprint density at radius 2 is 2.18 bits per heavy atom. The minimum absolute atomic E-state index is 0.0611. The molecule has 1 saturated heterocycles. The van der Waals surface area contributed by atoms with Gasteiger partial charge in [0.25, 0.3) is 5.91 Å². The Labute approximate surface area is 105 Å². The molecule has 1 fully saturated rings. The van der Waals surface area contributed by atoms with Gasteiger partial charge in [0.05, 0.1) is 17.0 Å². The topological polar surface area (TPSA) is 47.3 Å². The highest BCUT2D eigenvalue weighted by atomic mass is 32.1. The zero-order valence-electron chi connectivity index (χ0n) is 9.80. The summed E-state index contributed by atoms with van der Waals surface area (Å²) in [6.07, 6.45) is 0. The second-order valence-corrected chi connectivity index (χ2v) is 5.06. The lowest BCUT2D eigenvalue weighted by Gasteiger charge is -2.35. The smallest absolute Gasteiger partial charge is 0.264 e. The normalized spacial score (nSPS) is 18.7. The van der Waals surface area contributed by atoms with Crippen LogP contribution in [0.5, 0.6) is 0 Å². The van der Waals surface area contributed by atoms with E-state index in [-0.39, 0.29) is 11.9 Å². The van der Waals surface area contributed by atoms with Gasteiger partial charge in [-0.25, -0.2) is 0 Å². The number of piperazine rings is 1. The molecule has 0 aliphatic carbocycles. The molecule has 1 unspecified atom stereocenters. The minimum atomic E-state index is -0.0611. The number of nitriles is 1. The summed E-state index contributed by atoms with van der Waals surface area (Å²) in [5.74, 6) is 0.115. The maximum atomic E-state index is 12.1. The first kappa shape index (κ1) is 12.1. The lowest BCUT2D eigenvalue weighted by Crippen LogP contribution is -2.50. The van der Waals surface area contributed by atoms with Gasteiger partial charge in [-0.1, -0.05) is 6.07 Å². The molecule has 90 valence electrons. The zero-order valence-corrected chi connectivity index (χ0v) is 10.6.